The summed E-state index contributed by atoms with van der Waals surface area (Å²) < 4.78 is 5.83. The van der Waals surface area contributed by atoms with Crippen molar-refractivity contribution in [3.05, 3.63) is 23.8 Å². The van der Waals surface area contributed by atoms with E-state index in [9.17, 15) is 0 Å². The number of nitrogens with zero attached hydrogens (tertiary/aromatic N) is 1. The van der Waals surface area contributed by atoms with Crippen molar-refractivity contribution in [1.82, 2.24) is 5.32 Å². The van der Waals surface area contributed by atoms with Gasteiger partial charge in [-0.25, -0.2) is 0 Å². The van der Waals surface area contributed by atoms with E-state index in [0.717, 1.165) is 45.0 Å². The molecule has 0 spiro atoms. The molecule has 3 heteroatoms. The fraction of sp³-hybridized carbons (Fsp3) is 0.647. The number of hydrogen-bond acceptors (Lipinski definition) is 3. The fourth-order valence-electron chi connectivity index (χ4n) is 2.57. The highest BCUT2D eigenvalue weighted by Crippen LogP contribution is 2.25. The van der Waals surface area contributed by atoms with Crippen LogP contribution in [-0.2, 0) is 0 Å². The van der Waals surface area contributed by atoms with Gasteiger partial charge in [-0.2, -0.15) is 0 Å². The second kappa shape index (κ2) is 7.53. The molecule has 0 saturated carbocycles. The van der Waals surface area contributed by atoms with Crippen molar-refractivity contribution in [1.29, 1.82) is 0 Å². The summed E-state index contributed by atoms with van der Waals surface area (Å²) in [6.07, 6.45) is 2.32. The van der Waals surface area contributed by atoms with Gasteiger partial charge in [0.25, 0.3) is 0 Å². The number of anilines is 1. The van der Waals surface area contributed by atoms with E-state index in [0.29, 0.717) is 5.92 Å². The molecule has 0 unspecified atom stereocenters. The Morgan fingerprint density at radius 3 is 2.85 bits per heavy atom. The largest absolute Gasteiger partial charge is 0.494 e. The summed E-state index contributed by atoms with van der Waals surface area (Å²) in [5, 5.41) is 3.45. The number of aryl methyl sites for hydroxylation is 1. The highest BCUT2D eigenvalue weighted by Gasteiger charge is 2.12. The van der Waals surface area contributed by atoms with E-state index in [1.54, 1.807) is 0 Å². The molecule has 20 heavy (non-hydrogen) atoms. The molecule has 3 nitrogen and oxygen atoms in total. The van der Waals surface area contributed by atoms with E-state index in [2.05, 4.69) is 49.2 Å². The Morgan fingerprint density at radius 2 is 2.10 bits per heavy atom. The molecule has 1 fully saturated rings. The van der Waals surface area contributed by atoms with Crippen LogP contribution in [-0.4, -0.2) is 32.8 Å². The lowest BCUT2D eigenvalue weighted by atomic mass is 10.1. The topological polar surface area (TPSA) is 24.5 Å². The average molecular weight is 276 g/mol. The first kappa shape index (κ1) is 15.2. The molecule has 0 radical (unpaired) electrons. The quantitative estimate of drug-likeness (QED) is 0.893. The van der Waals surface area contributed by atoms with Crippen LogP contribution in [0.2, 0.25) is 0 Å². The highest BCUT2D eigenvalue weighted by molar-refractivity contribution is 5.56. The lowest BCUT2D eigenvalue weighted by Gasteiger charge is -2.24. The maximum absolute atomic E-state index is 5.83. The molecule has 112 valence electrons. The number of ether oxygens (including phenoxy) is 1. The molecule has 0 amide bonds. The van der Waals surface area contributed by atoms with Gasteiger partial charge < -0.3 is 15.0 Å². The standard InChI is InChI=1S/C17H28N2O/c1-14(2)7-12-20-16-5-6-17(15(3)13-16)19-10-4-8-18-9-11-19/h5-6,13-14,18H,4,7-12H2,1-3H3. The Kier molecular flexibility index (Phi) is 5.72. The van der Waals surface area contributed by atoms with E-state index in [1.165, 1.54) is 17.7 Å². The molecule has 2 rings (SSSR count). The Morgan fingerprint density at radius 1 is 1.25 bits per heavy atom. The van der Waals surface area contributed by atoms with Gasteiger partial charge in [0.05, 0.1) is 6.61 Å². The highest BCUT2D eigenvalue weighted by atomic mass is 16.5. The normalized spacial score (nSPS) is 16.3. The first-order valence-electron chi connectivity index (χ1n) is 7.86. The molecule has 0 atom stereocenters. The lowest BCUT2D eigenvalue weighted by molar-refractivity contribution is 0.289. The smallest absolute Gasteiger partial charge is 0.119 e. The van der Waals surface area contributed by atoms with Crippen LogP contribution in [0, 0.1) is 12.8 Å². The SMILES string of the molecule is Cc1cc(OCCC(C)C)ccc1N1CCCNCC1. The molecule has 1 aromatic carbocycles. The number of rotatable bonds is 5. The van der Waals surface area contributed by atoms with E-state index in [1.807, 2.05) is 0 Å². The van der Waals surface area contributed by atoms with Gasteiger partial charge in [-0.1, -0.05) is 13.8 Å². The summed E-state index contributed by atoms with van der Waals surface area (Å²) in [5.41, 5.74) is 2.67. The maximum Gasteiger partial charge on any atom is 0.119 e. The molecule has 0 bridgehead atoms. The molecular formula is C17H28N2O. The van der Waals surface area contributed by atoms with Crippen LogP contribution in [0.15, 0.2) is 18.2 Å². The summed E-state index contributed by atoms with van der Waals surface area (Å²) >= 11 is 0. The number of benzene rings is 1. The summed E-state index contributed by atoms with van der Waals surface area (Å²) in [6, 6.07) is 6.50. The van der Waals surface area contributed by atoms with Crippen molar-refractivity contribution < 1.29 is 4.74 Å². The number of hydrogen-bond donors (Lipinski definition) is 1. The van der Waals surface area contributed by atoms with Gasteiger partial charge in [-0.15, -0.1) is 0 Å². The molecule has 1 aromatic rings. The van der Waals surface area contributed by atoms with Crippen LogP contribution in [0.25, 0.3) is 0 Å². The second-order valence-corrected chi connectivity index (χ2v) is 6.07. The minimum absolute atomic E-state index is 0.694. The Balaban J connectivity index is 1.97. The molecule has 1 saturated heterocycles. The molecule has 1 heterocycles. The van der Waals surface area contributed by atoms with Crippen molar-refractivity contribution in [3.63, 3.8) is 0 Å². The van der Waals surface area contributed by atoms with Crippen molar-refractivity contribution >= 4 is 5.69 Å². The first-order chi connectivity index (χ1) is 9.66. The summed E-state index contributed by atoms with van der Waals surface area (Å²) in [4.78, 5) is 2.48. The maximum atomic E-state index is 5.83. The van der Waals surface area contributed by atoms with Crippen LogP contribution in [0.1, 0.15) is 32.3 Å². The van der Waals surface area contributed by atoms with Gasteiger partial charge in [0.15, 0.2) is 0 Å². The summed E-state index contributed by atoms with van der Waals surface area (Å²) in [7, 11) is 0. The summed E-state index contributed by atoms with van der Waals surface area (Å²) in [5.74, 6) is 1.69. The Hall–Kier alpha value is -1.22. The van der Waals surface area contributed by atoms with Gasteiger partial charge in [-0.05, 0) is 56.0 Å². The summed E-state index contributed by atoms with van der Waals surface area (Å²) in [6.45, 7) is 11.9. The minimum Gasteiger partial charge on any atom is -0.494 e. The first-order valence-corrected chi connectivity index (χ1v) is 7.86. The molecule has 1 aliphatic heterocycles. The zero-order valence-corrected chi connectivity index (χ0v) is 13.1. The van der Waals surface area contributed by atoms with Gasteiger partial charge in [0.1, 0.15) is 5.75 Å². The third kappa shape index (κ3) is 4.41. The molecule has 1 aliphatic rings. The zero-order valence-electron chi connectivity index (χ0n) is 13.1. The molecule has 1 N–H and O–H groups in total. The van der Waals surface area contributed by atoms with Crippen molar-refractivity contribution in [2.75, 3.05) is 37.7 Å². The predicted octanol–water partition coefficient (Wildman–Crippen LogP) is 3.22. The fourth-order valence-corrected chi connectivity index (χ4v) is 2.57. The van der Waals surface area contributed by atoms with Crippen LogP contribution in [0.3, 0.4) is 0 Å². The predicted molar refractivity (Wildman–Crippen MR) is 85.8 cm³/mol. The van der Waals surface area contributed by atoms with Crippen molar-refractivity contribution in [2.45, 2.75) is 33.6 Å². The van der Waals surface area contributed by atoms with Crippen molar-refractivity contribution in [2.24, 2.45) is 5.92 Å². The van der Waals surface area contributed by atoms with E-state index < -0.39 is 0 Å². The van der Waals surface area contributed by atoms with Crippen LogP contribution in [0.5, 0.6) is 5.75 Å². The van der Waals surface area contributed by atoms with E-state index in [-0.39, 0.29) is 0 Å². The lowest BCUT2D eigenvalue weighted by Crippen LogP contribution is -2.28. The average Bonchev–Trinajstić information content (AvgIpc) is 2.67. The molecule has 0 aromatic heterocycles. The third-order valence-electron chi connectivity index (χ3n) is 3.81. The van der Waals surface area contributed by atoms with Crippen LogP contribution < -0.4 is 15.0 Å². The Bertz CT molecular complexity index is 409. The van der Waals surface area contributed by atoms with Crippen LogP contribution >= 0.6 is 0 Å². The van der Waals surface area contributed by atoms with Crippen LogP contribution in [0.4, 0.5) is 5.69 Å². The number of nitrogens with one attached hydrogen (secondary N) is 1. The van der Waals surface area contributed by atoms with Gasteiger partial charge in [0, 0.05) is 25.3 Å². The van der Waals surface area contributed by atoms with Crippen molar-refractivity contribution in [3.8, 4) is 5.75 Å². The Labute approximate surface area is 123 Å². The molecular weight excluding hydrogens is 248 g/mol. The van der Waals surface area contributed by atoms with Gasteiger partial charge in [-0.3, -0.25) is 0 Å². The van der Waals surface area contributed by atoms with E-state index in [4.69, 9.17) is 4.74 Å². The monoisotopic (exact) mass is 276 g/mol. The minimum atomic E-state index is 0.694. The third-order valence-corrected chi connectivity index (χ3v) is 3.81. The van der Waals surface area contributed by atoms with Gasteiger partial charge in [0.2, 0.25) is 0 Å². The second-order valence-electron chi connectivity index (χ2n) is 6.07. The van der Waals surface area contributed by atoms with Gasteiger partial charge >= 0.3 is 0 Å². The van der Waals surface area contributed by atoms with E-state index >= 15 is 0 Å². The zero-order chi connectivity index (χ0) is 14.4. The molecule has 0 aliphatic carbocycles.